The Kier molecular flexibility index (Phi) is 6.35. The summed E-state index contributed by atoms with van der Waals surface area (Å²) in [5, 5.41) is 6.93. The first-order chi connectivity index (χ1) is 11.3. The number of nitrogens with zero attached hydrogens (tertiary/aromatic N) is 1. The van der Waals surface area contributed by atoms with Gasteiger partial charge in [0.1, 0.15) is 5.82 Å². The van der Waals surface area contributed by atoms with Crippen molar-refractivity contribution in [2.75, 3.05) is 13.7 Å². The topological polar surface area (TPSA) is 45.7 Å². The molecule has 2 N–H and O–H groups in total. The zero-order chi connectivity index (χ0) is 17.5. The van der Waals surface area contributed by atoms with Crippen molar-refractivity contribution in [1.29, 1.82) is 0 Å². The van der Waals surface area contributed by atoms with E-state index >= 15 is 0 Å². The van der Waals surface area contributed by atoms with Gasteiger partial charge in [0, 0.05) is 31.0 Å². The van der Waals surface area contributed by atoms with Gasteiger partial charge in [0.05, 0.1) is 12.1 Å². The molecule has 1 aliphatic carbocycles. The third-order valence-corrected chi connectivity index (χ3v) is 5.67. The van der Waals surface area contributed by atoms with Crippen LogP contribution in [0.25, 0.3) is 0 Å². The highest BCUT2D eigenvalue weighted by Gasteiger charge is 2.59. The Hall–Kier alpha value is -0.890. The van der Waals surface area contributed by atoms with Crippen LogP contribution in [0, 0.1) is 24.1 Å². The number of nitrogens with one attached hydrogen (secondary N) is 2. The van der Waals surface area contributed by atoms with Crippen LogP contribution in [0.5, 0.6) is 0 Å². The van der Waals surface area contributed by atoms with E-state index in [1.807, 2.05) is 19.1 Å². The summed E-state index contributed by atoms with van der Waals surface area (Å²) in [5.41, 5.74) is 1.67. The molecule has 0 amide bonds. The van der Waals surface area contributed by atoms with E-state index in [1.54, 1.807) is 20.0 Å². The normalized spacial score (nSPS) is 28.4. The van der Waals surface area contributed by atoms with Crippen molar-refractivity contribution in [3.8, 4) is 0 Å². The molecule has 2 fully saturated rings. The first kappa shape index (κ1) is 20.4. The van der Waals surface area contributed by atoms with Gasteiger partial charge in [-0.05, 0) is 37.5 Å². The first-order valence-electron chi connectivity index (χ1n) is 8.72. The van der Waals surface area contributed by atoms with Crippen LogP contribution in [0.3, 0.4) is 0 Å². The summed E-state index contributed by atoms with van der Waals surface area (Å²) in [6.07, 6.45) is 1.44. The predicted octanol–water partition coefficient (Wildman–Crippen LogP) is 3.79. The van der Waals surface area contributed by atoms with Gasteiger partial charge in [-0.2, -0.15) is 0 Å². The minimum atomic E-state index is -0.171. The molecule has 4 nitrogen and oxygen atoms in total. The van der Waals surface area contributed by atoms with Gasteiger partial charge in [0.2, 0.25) is 0 Å². The second-order valence-electron chi connectivity index (χ2n) is 7.63. The SMILES string of the molecule is CN=C(NC(C)c1ccc(C)c(F)c1)NC1C2CCOC2C1(C)C.I. The van der Waals surface area contributed by atoms with Gasteiger partial charge in [0.25, 0.3) is 0 Å². The number of aliphatic imine (C=N–C) groups is 1. The van der Waals surface area contributed by atoms with Crippen LogP contribution in [-0.2, 0) is 4.74 Å². The molecule has 1 aromatic rings. The summed E-state index contributed by atoms with van der Waals surface area (Å²) >= 11 is 0. The maximum Gasteiger partial charge on any atom is 0.191 e. The van der Waals surface area contributed by atoms with Crippen LogP contribution < -0.4 is 10.6 Å². The Morgan fingerprint density at radius 3 is 2.76 bits per heavy atom. The molecule has 2 aliphatic rings. The molecule has 0 radical (unpaired) electrons. The second kappa shape index (κ2) is 7.78. The molecule has 1 aliphatic heterocycles. The summed E-state index contributed by atoms with van der Waals surface area (Å²) < 4.78 is 19.6. The van der Waals surface area contributed by atoms with Crippen LogP contribution in [0.4, 0.5) is 4.39 Å². The van der Waals surface area contributed by atoms with E-state index in [9.17, 15) is 4.39 Å². The van der Waals surface area contributed by atoms with Crippen molar-refractivity contribution in [3.63, 3.8) is 0 Å². The van der Waals surface area contributed by atoms with Gasteiger partial charge in [-0.1, -0.05) is 26.0 Å². The zero-order valence-electron chi connectivity index (χ0n) is 15.6. The van der Waals surface area contributed by atoms with E-state index in [4.69, 9.17) is 4.74 Å². The van der Waals surface area contributed by atoms with Crippen molar-refractivity contribution in [1.82, 2.24) is 10.6 Å². The Bertz CT molecular complexity index is 650. The number of hydrogen-bond acceptors (Lipinski definition) is 2. The molecule has 0 bridgehead atoms. The Morgan fingerprint density at radius 1 is 1.40 bits per heavy atom. The lowest BCUT2D eigenvalue weighted by molar-refractivity contribution is -0.106. The molecule has 1 saturated heterocycles. The predicted molar refractivity (Wildman–Crippen MR) is 110 cm³/mol. The van der Waals surface area contributed by atoms with Crippen LogP contribution >= 0.6 is 24.0 Å². The lowest BCUT2D eigenvalue weighted by Crippen LogP contribution is -2.68. The third-order valence-electron chi connectivity index (χ3n) is 5.67. The van der Waals surface area contributed by atoms with Crippen LogP contribution in [0.15, 0.2) is 23.2 Å². The Morgan fingerprint density at radius 2 is 2.12 bits per heavy atom. The van der Waals surface area contributed by atoms with Gasteiger partial charge < -0.3 is 15.4 Å². The zero-order valence-corrected chi connectivity index (χ0v) is 17.9. The van der Waals surface area contributed by atoms with Crippen molar-refractivity contribution >= 4 is 29.9 Å². The lowest BCUT2D eigenvalue weighted by Gasteiger charge is -2.55. The van der Waals surface area contributed by atoms with Gasteiger partial charge in [-0.25, -0.2) is 4.39 Å². The fourth-order valence-corrected chi connectivity index (χ4v) is 4.10. The highest BCUT2D eigenvalue weighted by atomic mass is 127. The standard InChI is InChI=1S/C19H28FN3O.HI/c1-11-6-7-13(10-15(11)20)12(2)22-18(21-5)23-16-14-8-9-24-17(14)19(16,3)4;/h6-7,10,12,14,16-17H,8-9H2,1-5H3,(H2,21,22,23);1H. The number of fused-ring (bicyclic) bond motifs is 1. The van der Waals surface area contributed by atoms with Crippen LogP contribution in [0.2, 0.25) is 0 Å². The molecule has 0 spiro atoms. The summed E-state index contributed by atoms with van der Waals surface area (Å²) in [7, 11) is 1.77. The van der Waals surface area contributed by atoms with Gasteiger partial charge in [-0.15, -0.1) is 24.0 Å². The number of hydrogen-bond donors (Lipinski definition) is 2. The fourth-order valence-electron chi connectivity index (χ4n) is 4.10. The number of halogens is 2. The maximum absolute atomic E-state index is 13.8. The summed E-state index contributed by atoms with van der Waals surface area (Å²) in [4.78, 5) is 4.35. The van der Waals surface area contributed by atoms with E-state index in [-0.39, 0.29) is 41.3 Å². The van der Waals surface area contributed by atoms with E-state index in [2.05, 4.69) is 29.5 Å². The number of rotatable bonds is 3. The minimum Gasteiger partial charge on any atom is -0.377 e. The van der Waals surface area contributed by atoms with Crippen molar-refractivity contribution in [3.05, 3.63) is 35.1 Å². The summed E-state index contributed by atoms with van der Waals surface area (Å²) in [6.45, 7) is 9.12. The number of benzene rings is 1. The highest BCUT2D eigenvalue weighted by molar-refractivity contribution is 14.0. The maximum atomic E-state index is 13.8. The van der Waals surface area contributed by atoms with E-state index in [1.165, 1.54) is 0 Å². The molecule has 1 aromatic carbocycles. The van der Waals surface area contributed by atoms with Gasteiger partial charge in [0.15, 0.2) is 5.96 Å². The quantitative estimate of drug-likeness (QED) is 0.409. The number of ether oxygens (including phenoxy) is 1. The average molecular weight is 461 g/mol. The molecule has 6 heteroatoms. The molecule has 4 atom stereocenters. The fraction of sp³-hybridized carbons (Fsp3) is 0.632. The van der Waals surface area contributed by atoms with E-state index in [0.29, 0.717) is 23.6 Å². The molecule has 1 heterocycles. The largest absolute Gasteiger partial charge is 0.377 e. The molecule has 4 unspecified atom stereocenters. The Labute approximate surface area is 167 Å². The lowest BCUT2D eigenvalue weighted by atomic mass is 9.57. The molecule has 25 heavy (non-hydrogen) atoms. The van der Waals surface area contributed by atoms with Crippen LogP contribution in [-0.4, -0.2) is 31.8 Å². The van der Waals surface area contributed by atoms with Crippen molar-refractivity contribution in [2.45, 2.75) is 52.3 Å². The average Bonchev–Trinajstić information content (AvgIpc) is 3.00. The summed E-state index contributed by atoms with van der Waals surface area (Å²) in [6, 6.07) is 5.68. The Balaban J connectivity index is 0.00000225. The molecular formula is C19H29FIN3O. The van der Waals surface area contributed by atoms with Gasteiger partial charge in [-0.3, -0.25) is 4.99 Å². The second-order valence-corrected chi connectivity index (χ2v) is 7.63. The van der Waals surface area contributed by atoms with E-state index in [0.717, 1.165) is 24.6 Å². The molecule has 1 saturated carbocycles. The monoisotopic (exact) mass is 461 g/mol. The molecule has 140 valence electrons. The van der Waals surface area contributed by atoms with Gasteiger partial charge >= 0.3 is 0 Å². The molecule has 0 aromatic heterocycles. The summed E-state index contributed by atoms with van der Waals surface area (Å²) in [5.74, 6) is 1.13. The van der Waals surface area contributed by atoms with Crippen molar-refractivity contribution in [2.24, 2.45) is 16.3 Å². The minimum absolute atomic E-state index is 0. The first-order valence-corrected chi connectivity index (χ1v) is 8.72. The third kappa shape index (κ3) is 3.79. The number of guanidine groups is 1. The molecular weight excluding hydrogens is 432 g/mol. The molecule has 3 rings (SSSR count). The smallest absolute Gasteiger partial charge is 0.191 e. The highest BCUT2D eigenvalue weighted by Crippen LogP contribution is 2.52. The van der Waals surface area contributed by atoms with E-state index < -0.39 is 0 Å². The van der Waals surface area contributed by atoms with Crippen molar-refractivity contribution < 1.29 is 9.13 Å². The van der Waals surface area contributed by atoms with Crippen LogP contribution in [0.1, 0.15) is 44.4 Å². The number of aryl methyl sites for hydroxylation is 1.